The van der Waals surface area contributed by atoms with Crippen molar-refractivity contribution in [1.29, 1.82) is 0 Å². The lowest BCUT2D eigenvalue weighted by Gasteiger charge is -2.26. The molecule has 1 aromatic rings. The molecule has 0 fully saturated rings. The minimum absolute atomic E-state index is 0.0453. The van der Waals surface area contributed by atoms with Crippen molar-refractivity contribution in [1.82, 2.24) is 10.3 Å². The molecule has 1 amide bonds. The Bertz CT molecular complexity index is 631. The summed E-state index contributed by atoms with van der Waals surface area (Å²) in [4.78, 5) is 16.1. The van der Waals surface area contributed by atoms with Crippen LogP contribution in [0.5, 0.6) is 5.75 Å². The lowest BCUT2D eigenvalue weighted by Crippen LogP contribution is -2.35. The number of amides is 1. The highest BCUT2D eigenvalue weighted by Gasteiger charge is 2.23. The Kier molecular flexibility index (Phi) is 6.32. The van der Waals surface area contributed by atoms with E-state index in [-0.39, 0.29) is 16.3 Å². The molecule has 0 radical (unpaired) electrons. The molecule has 0 spiro atoms. The van der Waals surface area contributed by atoms with Gasteiger partial charge in [0.2, 0.25) is 0 Å². The van der Waals surface area contributed by atoms with Gasteiger partial charge in [0.15, 0.2) is 10.9 Å². The fourth-order valence-corrected chi connectivity index (χ4v) is 2.42. The second kappa shape index (κ2) is 7.25. The van der Waals surface area contributed by atoms with E-state index in [0.717, 1.165) is 0 Å². The first-order valence-corrected chi connectivity index (χ1v) is 8.52. The molecule has 7 heteroatoms. The molecule has 0 aliphatic heterocycles. The monoisotopic (exact) mass is 452 g/mol. The van der Waals surface area contributed by atoms with Gasteiger partial charge in [-0.2, -0.15) is 0 Å². The standard InChI is InChI=1S/C16H22ClIN2O3/c1-15(2,3)11(19-14(22)23-16(4,5)6)8-9-7-10(21)12(17)20-13(9)18/h7-8,21H,1-6H3,(H,19,22)/b11-8-. The van der Waals surface area contributed by atoms with Crippen molar-refractivity contribution in [2.24, 2.45) is 5.41 Å². The summed E-state index contributed by atoms with van der Waals surface area (Å²) in [5, 5.41) is 12.6. The van der Waals surface area contributed by atoms with E-state index in [2.05, 4.69) is 10.3 Å². The smallest absolute Gasteiger partial charge is 0.411 e. The molecule has 5 nitrogen and oxygen atoms in total. The van der Waals surface area contributed by atoms with E-state index in [1.54, 1.807) is 26.8 Å². The normalized spacial score (nSPS) is 13.0. The maximum absolute atomic E-state index is 12.0. The number of nitrogens with zero attached hydrogens (tertiary/aromatic N) is 1. The van der Waals surface area contributed by atoms with Crippen molar-refractivity contribution in [2.45, 2.75) is 47.1 Å². The molecule has 1 heterocycles. The quantitative estimate of drug-likeness (QED) is 0.492. The van der Waals surface area contributed by atoms with Crippen LogP contribution in [0.3, 0.4) is 0 Å². The van der Waals surface area contributed by atoms with Crippen molar-refractivity contribution in [3.05, 3.63) is 26.2 Å². The van der Waals surface area contributed by atoms with Gasteiger partial charge in [-0.3, -0.25) is 5.32 Å². The summed E-state index contributed by atoms with van der Waals surface area (Å²) < 4.78 is 5.92. The number of carbonyl (C=O) groups is 1. The van der Waals surface area contributed by atoms with Crippen molar-refractivity contribution in [3.63, 3.8) is 0 Å². The summed E-state index contributed by atoms with van der Waals surface area (Å²) in [6.07, 6.45) is 1.23. The lowest BCUT2D eigenvalue weighted by molar-refractivity contribution is 0.0536. The van der Waals surface area contributed by atoms with Crippen LogP contribution in [0.25, 0.3) is 6.08 Å². The molecule has 2 N–H and O–H groups in total. The maximum atomic E-state index is 12.0. The van der Waals surface area contributed by atoms with Gasteiger partial charge in [-0.05, 0) is 55.5 Å². The number of hydrogen-bond donors (Lipinski definition) is 2. The molecule has 1 rings (SSSR count). The molecule has 0 atom stereocenters. The third kappa shape index (κ3) is 6.55. The highest BCUT2D eigenvalue weighted by molar-refractivity contribution is 14.1. The van der Waals surface area contributed by atoms with Crippen LogP contribution in [0.1, 0.15) is 47.1 Å². The first kappa shape index (κ1) is 20.0. The zero-order valence-corrected chi connectivity index (χ0v) is 17.0. The van der Waals surface area contributed by atoms with Crippen LogP contribution in [0.2, 0.25) is 5.15 Å². The van der Waals surface area contributed by atoms with E-state index in [1.807, 2.05) is 43.4 Å². The van der Waals surface area contributed by atoms with E-state index in [0.29, 0.717) is 15.0 Å². The SMILES string of the molecule is CC(C)(C)OC(=O)N/C(=C\c1cc(O)c(Cl)nc1I)C(C)(C)C. The third-order valence-corrected chi connectivity index (χ3v) is 3.82. The topological polar surface area (TPSA) is 71.5 Å². The zero-order chi connectivity index (χ0) is 18.0. The van der Waals surface area contributed by atoms with Gasteiger partial charge < -0.3 is 9.84 Å². The number of pyridine rings is 1. The van der Waals surface area contributed by atoms with E-state index in [1.165, 1.54) is 6.07 Å². The lowest BCUT2D eigenvalue weighted by atomic mass is 9.90. The number of alkyl carbamates (subject to hydrolysis) is 1. The van der Waals surface area contributed by atoms with Crippen molar-refractivity contribution >= 4 is 46.4 Å². The number of nitrogens with one attached hydrogen (secondary N) is 1. The van der Waals surface area contributed by atoms with Crippen LogP contribution >= 0.6 is 34.2 Å². The predicted octanol–water partition coefficient (Wildman–Crippen LogP) is 4.96. The predicted molar refractivity (Wildman–Crippen MR) is 100 cm³/mol. The summed E-state index contributed by atoms with van der Waals surface area (Å²) >= 11 is 7.82. The van der Waals surface area contributed by atoms with Crippen molar-refractivity contribution < 1.29 is 14.6 Å². The largest absolute Gasteiger partial charge is 0.505 e. The van der Waals surface area contributed by atoms with Gasteiger partial charge in [-0.15, -0.1) is 0 Å². The molecule has 128 valence electrons. The van der Waals surface area contributed by atoms with Crippen LogP contribution < -0.4 is 5.32 Å². The molecule has 0 aliphatic carbocycles. The molecule has 0 aromatic carbocycles. The first-order valence-electron chi connectivity index (χ1n) is 7.07. The van der Waals surface area contributed by atoms with Crippen molar-refractivity contribution in [2.75, 3.05) is 0 Å². The maximum Gasteiger partial charge on any atom is 0.411 e. The molecule has 0 unspecified atom stereocenters. The summed E-state index contributed by atoms with van der Waals surface area (Å²) in [6.45, 7) is 11.3. The van der Waals surface area contributed by atoms with E-state index in [4.69, 9.17) is 16.3 Å². The highest BCUT2D eigenvalue weighted by Crippen LogP contribution is 2.30. The molecule has 0 bridgehead atoms. The van der Waals surface area contributed by atoms with Gasteiger partial charge in [0.25, 0.3) is 0 Å². The summed E-state index contributed by atoms with van der Waals surface area (Å²) in [5.41, 5.74) is 0.387. The van der Waals surface area contributed by atoms with Gasteiger partial charge >= 0.3 is 6.09 Å². The molecule has 0 saturated carbocycles. The molecular weight excluding hydrogens is 431 g/mol. The fourth-order valence-electron chi connectivity index (χ4n) is 1.58. The molecule has 1 aromatic heterocycles. The summed E-state index contributed by atoms with van der Waals surface area (Å²) in [7, 11) is 0. The van der Waals surface area contributed by atoms with E-state index in [9.17, 15) is 9.90 Å². The van der Waals surface area contributed by atoms with Crippen LogP contribution in [0.15, 0.2) is 11.8 Å². The zero-order valence-electron chi connectivity index (χ0n) is 14.1. The minimum atomic E-state index is -0.582. The Morgan fingerprint density at radius 2 is 1.91 bits per heavy atom. The number of aromatic hydroxyl groups is 1. The Balaban J connectivity index is 3.18. The average Bonchev–Trinajstić information content (AvgIpc) is 2.31. The van der Waals surface area contributed by atoms with Crippen LogP contribution in [0, 0.1) is 9.12 Å². The minimum Gasteiger partial charge on any atom is -0.505 e. The molecule has 0 aliphatic rings. The molecule has 23 heavy (non-hydrogen) atoms. The van der Waals surface area contributed by atoms with Crippen LogP contribution in [-0.4, -0.2) is 21.8 Å². The number of hydrogen-bond acceptors (Lipinski definition) is 4. The van der Waals surface area contributed by atoms with E-state index < -0.39 is 11.7 Å². The number of ether oxygens (including phenoxy) is 1. The fraction of sp³-hybridized carbons (Fsp3) is 0.500. The summed E-state index contributed by atoms with van der Waals surface area (Å²) in [6, 6.07) is 1.51. The third-order valence-electron chi connectivity index (χ3n) is 2.68. The Morgan fingerprint density at radius 1 is 1.35 bits per heavy atom. The highest BCUT2D eigenvalue weighted by atomic mass is 127. The number of carbonyl (C=O) groups excluding carboxylic acids is 1. The molecular formula is C16H22ClIN2O3. The Labute approximate surface area is 155 Å². The number of rotatable bonds is 2. The van der Waals surface area contributed by atoms with Gasteiger partial charge in [-0.25, -0.2) is 9.78 Å². The number of allylic oxidation sites excluding steroid dienone is 1. The average molecular weight is 453 g/mol. The number of aromatic nitrogens is 1. The van der Waals surface area contributed by atoms with Gasteiger partial charge in [0.1, 0.15) is 9.30 Å². The molecule has 0 saturated heterocycles. The second-order valence-electron chi connectivity index (χ2n) is 7.11. The van der Waals surface area contributed by atoms with Crippen LogP contribution in [0.4, 0.5) is 4.79 Å². The first-order chi connectivity index (χ1) is 10.3. The van der Waals surface area contributed by atoms with Crippen molar-refractivity contribution in [3.8, 4) is 5.75 Å². The van der Waals surface area contributed by atoms with E-state index >= 15 is 0 Å². The van der Waals surface area contributed by atoms with Gasteiger partial charge in [0, 0.05) is 16.7 Å². The Morgan fingerprint density at radius 3 is 2.39 bits per heavy atom. The second-order valence-corrected chi connectivity index (χ2v) is 8.49. The van der Waals surface area contributed by atoms with Gasteiger partial charge in [-0.1, -0.05) is 32.4 Å². The van der Waals surface area contributed by atoms with Crippen LogP contribution in [-0.2, 0) is 4.74 Å². The number of halogens is 2. The summed E-state index contributed by atoms with van der Waals surface area (Å²) in [5.74, 6) is -0.108. The Hall–Kier alpha value is -1.02. The van der Waals surface area contributed by atoms with Gasteiger partial charge in [0.05, 0.1) is 0 Å².